The smallest absolute Gasteiger partial charge is 0.380 e. The van der Waals surface area contributed by atoms with Gasteiger partial charge in [0, 0.05) is 24.2 Å². The van der Waals surface area contributed by atoms with Crippen LogP contribution in [0.2, 0.25) is 0 Å². The third-order valence-corrected chi connectivity index (χ3v) is 4.11. The van der Waals surface area contributed by atoms with Crippen molar-refractivity contribution in [3.8, 4) is 0 Å². The molecule has 7 nitrogen and oxygen atoms in total. The molecule has 2 N–H and O–H groups in total. The van der Waals surface area contributed by atoms with Gasteiger partial charge in [0.1, 0.15) is 0 Å². The molecule has 0 spiro atoms. The molecule has 2 amide bonds. The summed E-state index contributed by atoms with van der Waals surface area (Å²) in [5.74, 6) is -7.63. The van der Waals surface area contributed by atoms with Crippen molar-refractivity contribution in [2.45, 2.75) is 24.8 Å². The number of halogens is 2. The van der Waals surface area contributed by atoms with Crippen molar-refractivity contribution in [1.82, 2.24) is 10.4 Å². The maximum Gasteiger partial charge on any atom is 0.380 e. The molecule has 2 aliphatic rings. The largest absolute Gasteiger partial charge is 0.461 e. The topological polar surface area (TPSA) is 87.7 Å². The Morgan fingerprint density at radius 2 is 2.08 bits per heavy atom. The van der Waals surface area contributed by atoms with Crippen LogP contribution in [-0.4, -0.2) is 41.9 Å². The van der Waals surface area contributed by atoms with Gasteiger partial charge in [0.05, 0.1) is 6.61 Å². The van der Waals surface area contributed by atoms with Crippen molar-refractivity contribution in [2.75, 3.05) is 18.5 Å². The zero-order chi connectivity index (χ0) is 17.5. The Labute approximate surface area is 135 Å². The van der Waals surface area contributed by atoms with Crippen LogP contribution in [0.3, 0.4) is 0 Å². The van der Waals surface area contributed by atoms with Gasteiger partial charge >= 0.3 is 11.9 Å². The lowest BCUT2D eigenvalue weighted by molar-refractivity contribution is -0.203. The molecule has 1 aromatic rings. The van der Waals surface area contributed by atoms with Gasteiger partial charge < -0.3 is 10.1 Å². The second kappa shape index (κ2) is 5.52. The van der Waals surface area contributed by atoms with Crippen molar-refractivity contribution in [2.24, 2.45) is 0 Å². The lowest BCUT2D eigenvalue weighted by Gasteiger charge is -2.40. The van der Waals surface area contributed by atoms with Crippen LogP contribution < -0.4 is 10.7 Å². The van der Waals surface area contributed by atoms with Crippen LogP contribution in [0.25, 0.3) is 0 Å². The number of alkyl halides is 2. The quantitative estimate of drug-likeness (QED) is 0.791. The highest BCUT2D eigenvalue weighted by Gasteiger charge is 2.72. The number of ether oxygens (including phenoxy) is 1. The highest BCUT2D eigenvalue weighted by Crippen LogP contribution is 2.50. The molecule has 1 atom stereocenters. The zero-order valence-electron chi connectivity index (χ0n) is 12.8. The zero-order valence-corrected chi connectivity index (χ0v) is 12.8. The first-order valence-electron chi connectivity index (χ1n) is 7.38. The molecular formula is C15H15F2N3O4. The molecule has 3 rings (SSSR count). The number of hydrogen-bond donors (Lipinski definition) is 2. The van der Waals surface area contributed by atoms with E-state index in [9.17, 15) is 14.4 Å². The summed E-state index contributed by atoms with van der Waals surface area (Å²) in [6.07, 6.45) is -0.0594. The second-order valence-corrected chi connectivity index (χ2v) is 5.44. The first kappa shape index (κ1) is 16.3. The first-order valence-corrected chi connectivity index (χ1v) is 7.38. The summed E-state index contributed by atoms with van der Waals surface area (Å²) < 4.78 is 34.8. The lowest BCUT2D eigenvalue weighted by Crippen LogP contribution is -2.67. The fraction of sp³-hybridized carbons (Fsp3) is 0.400. The molecule has 1 fully saturated rings. The third-order valence-electron chi connectivity index (χ3n) is 4.11. The summed E-state index contributed by atoms with van der Waals surface area (Å²) in [4.78, 5) is 36.1. The van der Waals surface area contributed by atoms with Gasteiger partial charge in [-0.1, -0.05) is 18.2 Å². The Balaban J connectivity index is 2.21. The first-order chi connectivity index (χ1) is 11.4. The minimum absolute atomic E-state index is 0.0594. The monoisotopic (exact) mass is 339 g/mol. The van der Waals surface area contributed by atoms with Gasteiger partial charge in [0.25, 0.3) is 5.91 Å². The second-order valence-electron chi connectivity index (χ2n) is 5.44. The molecule has 0 radical (unpaired) electrons. The average molecular weight is 339 g/mol. The van der Waals surface area contributed by atoms with Crippen LogP contribution in [0.4, 0.5) is 14.5 Å². The van der Waals surface area contributed by atoms with E-state index in [1.54, 1.807) is 6.07 Å². The molecule has 0 aliphatic carbocycles. The molecule has 2 aliphatic heterocycles. The fourth-order valence-corrected chi connectivity index (χ4v) is 3.09. The molecule has 128 valence electrons. The van der Waals surface area contributed by atoms with Crippen molar-refractivity contribution in [3.63, 3.8) is 0 Å². The SMILES string of the molecule is CCOC(=O)C(F)(F)[C@]1(N2CCC(=O)N2)C(=O)Nc2ccccc21. The maximum atomic E-state index is 15.1. The molecule has 9 heteroatoms. The summed E-state index contributed by atoms with van der Waals surface area (Å²) in [5, 5.41) is 3.19. The standard InChI is InChI=1S/C15H15F2N3O4/c1-2-24-13(23)15(16,17)14(20-8-7-11(21)19-20)9-5-3-4-6-10(9)18-12(14)22/h3-6H,2,7-8H2,1H3,(H,18,22)(H,19,21)/t14-/m1/s1. The van der Waals surface area contributed by atoms with Gasteiger partial charge in [-0.25, -0.2) is 4.79 Å². The van der Waals surface area contributed by atoms with Crippen LogP contribution in [-0.2, 0) is 24.7 Å². The maximum absolute atomic E-state index is 15.1. The number of esters is 1. The summed E-state index contributed by atoms with van der Waals surface area (Å²) in [7, 11) is 0. The van der Waals surface area contributed by atoms with E-state index in [2.05, 4.69) is 15.5 Å². The molecular weight excluding hydrogens is 324 g/mol. The number of hydrazine groups is 1. The number of nitrogens with zero attached hydrogens (tertiary/aromatic N) is 1. The van der Waals surface area contributed by atoms with E-state index in [1.165, 1.54) is 25.1 Å². The van der Waals surface area contributed by atoms with Gasteiger partial charge in [0.2, 0.25) is 11.4 Å². The van der Waals surface area contributed by atoms with E-state index >= 15 is 8.78 Å². The molecule has 0 saturated carbocycles. The average Bonchev–Trinajstić information content (AvgIpc) is 3.08. The lowest BCUT2D eigenvalue weighted by atomic mass is 9.83. The Kier molecular flexibility index (Phi) is 3.75. The predicted octanol–water partition coefficient (Wildman–Crippen LogP) is 0.769. The van der Waals surface area contributed by atoms with E-state index in [0.29, 0.717) is 0 Å². The Hall–Kier alpha value is -2.55. The Morgan fingerprint density at radius 1 is 1.38 bits per heavy atom. The number of carbonyl (C=O) groups excluding carboxylic acids is 3. The predicted molar refractivity (Wildman–Crippen MR) is 77.8 cm³/mol. The minimum atomic E-state index is -4.21. The number of nitrogens with one attached hydrogen (secondary N) is 2. The van der Waals surface area contributed by atoms with E-state index in [-0.39, 0.29) is 30.8 Å². The normalized spacial score (nSPS) is 23.6. The van der Waals surface area contributed by atoms with Gasteiger partial charge in [-0.3, -0.25) is 15.0 Å². The molecule has 0 unspecified atom stereocenters. The van der Waals surface area contributed by atoms with Crippen molar-refractivity contribution < 1.29 is 27.9 Å². The van der Waals surface area contributed by atoms with Gasteiger partial charge in [-0.2, -0.15) is 13.8 Å². The van der Waals surface area contributed by atoms with Crippen molar-refractivity contribution in [3.05, 3.63) is 29.8 Å². The van der Waals surface area contributed by atoms with Crippen LogP contribution >= 0.6 is 0 Å². The van der Waals surface area contributed by atoms with E-state index in [0.717, 1.165) is 5.01 Å². The van der Waals surface area contributed by atoms with Gasteiger partial charge in [0.15, 0.2) is 0 Å². The molecule has 2 heterocycles. The summed E-state index contributed by atoms with van der Waals surface area (Å²) in [5.41, 5.74) is -0.364. The van der Waals surface area contributed by atoms with E-state index in [4.69, 9.17) is 0 Å². The van der Waals surface area contributed by atoms with Crippen LogP contribution in [0.15, 0.2) is 24.3 Å². The van der Waals surface area contributed by atoms with Crippen LogP contribution in [0, 0.1) is 0 Å². The number of hydrogen-bond acceptors (Lipinski definition) is 5. The Morgan fingerprint density at radius 3 is 2.71 bits per heavy atom. The number of rotatable bonds is 4. The summed E-state index contributed by atoms with van der Waals surface area (Å²) in [6.45, 7) is 0.983. The molecule has 24 heavy (non-hydrogen) atoms. The van der Waals surface area contributed by atoms with Crippen molar-refractivity contribution in [1.29, 1.82) is 0 Å². The fourth-order valence-electron chi connectivity index (χ4n) is 3.09. The highest BCUT2D eigenvalue weighted by molar-refractivity contribution is 6.10. The molecule has 0 aromatic heterocycles. The number of carbonyl (C=O) groups is 3. The van der Waals surface area contributed by atoms with Crippen LogP contribution in [0.5, 0.6) is 0 Å². The number of fused-ring (bicyclic) bond motifs is 1. The summed E-state index contributed by atoms with van der Waals surface area (Å²) in [6, 6.07) is 5.83. The number of benzene rings is 1. The van der Waals surface area contributed by atoms with E-state index in [1.807, 2.05) is 0 Å². The van der Waals surface area contributed by atoms with Gasteiger partial charge in [-0.15, -0.1) is 0 Å². The molecule has 1 saturated heterocycles. The molecule has 1 aromatic carbocycles. The van der Waals surface area contributed by atoms with E-state index < -0.39 is 29.2 Å². The Bertz CT molecular complexity index is 724. The minimum Gasteiger partial charge on any atom is -0.461 e. The molecule has 0 bridgehead atoms. The van der Waals surface area contributed by atoms with Crippen molar-refractivity contribution >= 4 is 23.5 Å². The number of para-hydroxylation sites is 1. The van der Waals surface area contributed by atoms with Gasteiger partial charge in [-0.05, 0) is 13.0 Å². The number of anilines is 1. The third kappa shape index (κ3) is 2.01. The number of amides is 2. The summed E-state index contributed by atoms with van der Waals surface area (Å²) >= 11 is 0. The van der Waals surface area contributed by atoms with Crippen LogP contribution in [0.1, 0.15) is 18.9 Å². The highest BCUT2D eigenvalue weighted by atomic mass is 19.3.